The fraction of sp³-hybridized carbons (Fsp3) is 0.588. The summed E-state index contributed by atoms with van der Waals surface area (Å²) in [6.45, 7) is 8.10. The van der Waals surface area contributed by atoms with Gasteiger partial charge in [0.15, 0.2) is 0 Å². The zero-order chi connectivity index (χ0) is 14.5. The lowest BCUT2D eigenvalue weighted by atomic mass is 9.59. The Bertz CT molecular complexity index is 565. The predicted octanol–water partition coefficient (Wildman–Crippen LogP) is 3.63. The van der Waals surface area contributed by atoms with Crippen LogP contribution in [0.2, 0.25) is 0 Å². The summed E-state index contributed by atoms with van der Waals surface area (Å²) in [7, 11) is 0. The van der Waals surface area contributed by atoms with E-state index in [1.807, 2.05) is 0 Å². The third kappa shape index (κ3) is 2.00. The molecule has 0 spiro atoms. The number of hydrogen-bond acceptors (Lipinski definition) is 3. The molecule has 108 valence electrons. The third-order valence-electron chi connectivity index (χ3n) is 5.07. The summed E-state index contributed by atoms with van der Waals surface area (Å²) in [4.78, 5) is 11.3. The molecule has 0 saturated carbocycles. The highest BCUT2D eigenvalue weighted by atomic mass is 16.5. The van der Waals surface area contributed by atoms with Crippen molar-refractivity contribution in [1.29, 1.82) is 0 Å². The van der Waals surface area contributed by atoms with E-state index in [-0.39, 0.29) is 17.5 Å². The number of hydrogen-bond donors (Lipinski definition) is 0. The Labute approximate surface area is 120 Å². The first kappa shape index (κ1) is 13.5. The number of carbonyl (C=O) groups is 1. The predicted molar refractivity (Wildman–Crippen MR) is 76.3 cm³/mol. The van der Waals surface area contributed by atoms with Crippen LogP contribution in [0.3, 0.4) is 0 Å². The number of ether oxygens (including phenoxy) is 1. The largest absolute Gasteiger partial charge is 0.469 e. The normalized spacial score (nSPS) is 31.0. The maximum absolute atomic E-state index is 11.3. The van der Waals surface area contributed by atoms with E-state index in [2.05, 4.69) is 32.9 Å². The Morgan fingerprint density at radius 3 is 2.90 bits per heavy atom. The Morgan fingerprint density at radius 2 is 2.20 bits per heavy atom. The average molecular weight is 274 g/mol. The van der Waals surface area contributed by atoms with Crippen LogP contribution in [-0.4, -0.2) is 12.1 Å². The van der Waals surface area contributed by atoms with Crippen LogP contribution in [0.4, 0.5) is 0 Å². The van der Waals surface area contributed by atoms with Gasteiger partial charge >= 0.3 is 5.97 Å². The topological polar surface area (TPSA) is 39.4 Å². The molecule has 20 heavy (non-hydrogen) atoms. The number of carbonyl (C=O) groups excluding carboxylic acids is 1. The highest BCUT2D eigenvalue weighted by Crippen LogP contribution is 2.50. The summed E-state index contributed by atoms with van der Waals surface area (Å²) >= 11 is 0. The zero-order valence-electron chi connectivity index (χ0n) is 12.6. The van der Waals surface area contributed by atoms with Gasteiger partial charge in [0.25, 0.3) is 0 Å². The van der Waals surface area contributed by atoms with Crippen molar-refractivity contribution in [1.82, 2.24) is 0 Å². The molecule has 3 rings (SSSR count). The summed E-state index contributed by atoms with van der Waals surface area (Å²) in [6, 6.07) is 2.09. The van der Waals surface area contributed by atoms with E-state index in [1.165, 1.54) is 18.1 Å². The molecular formula is C17H22O3. The first-order valence-corrected chi connectivity index (χ1v) is 7.32. The van der Waals surface area contributed by atoms with E-state index < -0.39 is 0 Å². The van der Waals surface area contributed by atoms with Gasteiger partial charge in [-0.15, -0.1) is 0 Å². The molecule has 0 aromatic carbocycles. The second-order valence-corrected chi connectivity index (χ2v) is 6.70. The highest BCUT2D eigenvalue weighted by Gasteiger charge is 2.46. The Balaban J connectivity index is 1.96. The molecule has 0 saturated heterocycles. The first-order chi connectivity index (χ1) is 9.39. The minimum absolute atomic E-state index is 0.0564. The number of esters is 1. The van der Waals surface area contributed by atoms with Crippen LogP contribution in [0.1, 0.15) is 45.4 Å². The molecule has 3 unspecified atom stereocenters. The highest BCUT2D eigenvalue weighted by molar-refractivity contribution is 5.66. The van der Waals surface area contributed by atoms with Crippen molar-refractivity contribution in [2.75, 3.05) is 0 Å². The maximum Gasteiger partial charge on any atom is 0.303 e. The standard InChI is InChI=1S/C17H22O3/c1-10-7-12-8-16-13(5-6-19-16)17(3,4)14(12)9-15(10)20-11(2)18/h5-7,12,14-15H,8-9H2,1-4H3. The van der Waals surface area contributed by atoms with E-state index in [4.69, 9.17) is 9.15 Å². The van der Waals surface area contributed by atoms with Gasteiger partial charge in [-0.3, -0.25) is 4.79 Å². The molecule has 0 N–H and O–H groups in total. The van der Waals surface area contributed by atoms with Crippen LogP contribution in [0.15, 0.2) is 28.4 Å². The lowest BCUT2D eigenvalue weighted by molar-refractivity contribution is -0.146. The lowest BCUT2D eigenvalue weighted by Crippen LogP contribution is -2.44. The summed E-state index contributed by atoms with van der Waals surface area (Å²) < 4.78 is 11.1. The third-order valence-corrected chi connectivity index (χ3v) is 5.07. The second kappa shape index (κ2) is 4.51. The molecule has 1 aromatic rings. The summed E-state index contributed by atoms with van der Waals surface area (Å²) in [5.74, 6) is 1.89. The second-order valence-electron chi connectivity index (χ2n) is 6.70. The van der Waals surface area contributed by atoms with Crippen LogP contribution in [0, 0.1) is 11.8 Å². The fourth-order valence-corrected chi connectivity index (χ4v) is 4.01. The maximum atomic E-state index is 11.3. The molecule has 3 heteroatoms. The molecule has 0 radical (unpaired) electrons. The number of rotatable bonds is 1. The quantitative estimate of drug-likeness (QED) is 0.580. The van der Waals surface area contributed by atoms with Crippen LogP contribution < -0.4 is 0 Å². The van der Waals surface area contributed by atoms with E-state index in [1.54, 1.807) is 6.26 Å². The number of furan rings is 1. The van der Waals surface area contributed by atoms with Crippen molar-refractivity contribution in [3.8, 4) is 0 Å². The van der Waals surface area contributed by atoms with Gasteiger partial charge < -0.3 is 9.15 Å². The van der Waals surface area contributed by atoms with Crippen molar-refractivity contribution in [2.45, 2.75) is 52.1 Å². The van der Waals surface area contributed by atoms with Crippen LogP contribution >= 0.6 is 0 Å². The minimum atomic E-state index is -0.196. The van der Waals surface area contributed by atoms with Crippen molar-refractivity contribution in [2.24, 2.45) is 11.8 Å². The Morgan fingerprint density at radius 1 is 1.45 bits per heavy atom. The van der Waals surface area contributed by atoms with Gasteiger partial charge in [0.05, 0.1) is 6.26 Å². The average Bonchev–Trinajstić information content (AvgIpc) is 2.80. The first-order valence-electron chi connectivity index (χ1n) is 7.32. The molecule has 3 atom stereocenters. The van der Waals surface area contributed by atoms with Gasteiger partial charge in [0, 0.05) is 13.3 Å². The van der Waals surface area contributed by atoms with Crippen molar-refractivity contribution in [3.63, 3.8) is 0 Å². The van der Waals surface area contributed by atoms with Crippen molar-refractivity contribution < 1.29 is 13.9 Å². The van der Waals surface area contributed by atoms with E-state index in [0.29, 0.717) is 11.8 Å². The van der Waals surface area contributed by atoms with E-state index >= 15 is 0 Å². The van der Waals surface area contributed by atoms with E-state index in [0.717, 1.165) is 18.6 Å². The molecule has 0 bridgehead atoms. The number of allylic oxidation sites excluding steroid dienone is 1. The fourth-order valence-electron chi connectivity index (χ4n) is 4.01. The zero-order valence-corrected chi connectivity index (χ0v) is 12.6. The van der Waals surface area contributed by atoms with Crippen LogP contribution in [-0.2, 0) is 21.4 Å². The molecule has 2 aliphatic rings. The molecule has 1 heterocycles. The van der Waals surface area contributed by atoms with Gasteiger partial charge in [0.1, 0.15) is 11.9 Å². The summed E-state index contributed by atoms with van der Waals surface area (Å²) in [5.41, 5.74) is 2.54. The minimum Gasteiger partial charge on any atom is -0.469 e. The van der Waals surface area contributed by atoms with Crippen molar-refractivity contribution in [3.05, 3.63) is 35.3 Å². The SMILES string of the molecule is CC(=O)OC1CC2C(C=C1C)Cc1occc1C2(C)C. The van der Waals surface area contributed by atoms with Crippen LogP contribution in [0.25, 0.3) is 0 Å². The van der Waals surface area contributed by atoms with Gasteiger partial charge in [-0.05, 0) is 47.8 Å². The molecule has 0 fully saturated rings. The Hall–Kier alpha value is -1.51. The summed E-state index contributed by atoms with van der Waals surface area (Å²) in [5, 5.41) is 0. The molecule has 0 aliphatic heterocycles. The number of fused-ring (bicyclic) bond motifs is 2. The molecule has 3 nitrogen and oxygen atoms in total. The molecular weight excluding hydrogens is 252 g/mol. The summed E-state index contributed by atoms with van der Waals surface area (Å²) in [6.07, 6.45) is 5.88. The van der Waals surface area contributed by atoms with E-state index in [9.17, 15) is 4.79 Å². The van der Waals surface area contributed by atoms with Gasteiger partial charge in [-0.25, -0.2) is 0 Å². The smallest absolute Gasteiger partial charge is 0.303 e. The van der Waals surface area contributed by atoms with Crippen molar-refractivity contribution >= 4 is 5.97 Å². The lowest BCUT2D eigenvalue weighted by Gasteiger charge is -2.46. The van der Waals surface area contributed by atoms with Gasteiger partial charge in [-0.1, -0.05) is 19.9 Å². The monoisotopic (exact) mass is 274 g/mol. The molecule has 2 aliphatic carbocycles. The molecule has 1 aromatic heterocycles. The van der Waals surface area contributed by atoms with Gasteiger partial charge in [0.2, 0.25) is 0 Å². The molecule has 0 amide bonds. The van der Waals surface area contributed by atoms with Crippen LogP contribution in [0.5, 0.6) is 0 Å². The van der Waals surface area contributed by atoms with Gasteiger partial charge in [-0.2, -0.15) is 0 Å². The Kier molecular flexibility index (Phi) is 3.03.